The summed E-state index contributed by atoms with van der Waals surface area (Å²) in [6, 6.07) is 13.2. The third-order valence-electron chi connectivity index (χ3n) is 12.6. The molecule has 0 spiro atoms. The van der Waals surface area contributed by atoms with Crippen LogP contribution in [0.5, 0.6) is 11.5 Å². The molecule has 3 aromatic rings. The van der Waals surface area contributed by atoms with E-state index in [1.54, 1.807) is 24.1 Å². The molecule has 18 nitrogen and oxygen atoms in total. The van der Waals surface area contributed by atoms with Gasteiger partial charge in [0.25, 0.3) is 17.7 Å². The summed E-state index contributed by atoms with van der Waals surface area (Å²) in [4.78, 5) is 94.0. The van der Waals surface area contributed by atoms with Gasteiger partial charge in [-0.05, 0) is 81.0 Å². The number of nitrogens with zero attached hydrogens (tertiary/aromatic N) is 5. The van der Waals surface area contributed by atoms with Crippen LogP contribution in [0.1, 0.15) is 94.7 Å². The van der Waals surface area contributed by atoms with E-state index < -0.39 is 35.6 Å². The summed E-state index contributed by atoms with van der Waals surface area (Å²) >= 11 is 0. The minimum absolute atomic E-state index is 0.00785. The Morgan fingerprint density at radius 2 is 1.75 bits per heavy atom. The molecule has 5 heterocycles. The molecule has 3 atom stereocenters. The first-order valence-electron chi connectivity index (χ1n) is 21.9. The van der Waals surface area contributed by atoms with Gasteiger partial charge in [-0.2, -0.15) is 5.10 Å². The number of hydrogen-bond acceptors (Lipinski definition) is 12. The quantitative estimate of drug-likeness (QED) is 0.128. The number of carbonyl (C=O) groups excluding carboxylic acids is 7. The largest absolute Gasteiger partial charge is 0.491 e. The van der Waals surface area contributed by atoms with Crippen LogP contribution in [0, 0.1) is 11.8 Å². The molecule has 5 aliphatic rings. The molecule has 1 aromatic heterocycles. The second-order valence-electron chi connectivity index (χ2n) is 17.0. The fourth-order valence-corrected chi connectivity index (χ4v) is 9.29. The summed E-state index contributed by atoms with van der Waals surface area (Å²) in [7, 11) is 1.77. The number of nitrogens with one attached hydrogen (secondary N) is 3. The Hall–Kier alpha value is -6.82. The Morgan fingerprint density at radius 3 is 2.48 bits per heavy atom. The van der Waals surface area contributed by atoms with Gasteiger partial charge < -0.3 is 30.7 Å². The van der Waals surface area contributed by atoms with Gasteiger partial charge in [0.15, 0.2) is 0 Å². The Balaban J connectivity index is 0.784. The number of carbonyl (C=O) groups is 7. The van der Waals surface area contributed by atoms with Gasteiger partial charge in [-0.3, -0.25) is 48.7 Å². The monoisotopic (exact) mass is 875 g/mol. The van der Waals surface area contributed by atoms with Gasteiger partial charge in [-0.1, -0.05) is 37.3 Å². The first kappa shape index (κ1) is 43.8. The average molecular weight is 876 g/mol. The number of benzene rings is 2. The van der Waals surface area contributed by atoms with Gasteiger partial charge in [0.1, 0.15) is 47.0 Å². The van der Waals surface area contributed by atoms with E-state index in [4.69, 9.17) is 20.3 Å². The maximum Gasteiger partial charge on any atom is 0.266 e. The Morgan fingerprint density at radius 1 is 0.969 bits per heavy atom. The van der Waals surface area contributed by atoms with Crippen LogP contribution in [-0.2, 0) is 19.2 Å². The van der Waals surface area contributed by atoms with Crippen molar-refractivity contribution >= 4 is 52.7 Å². The van der Waals surface area contributed by atoms with Crippen molar-refractivity contribution in [3.63, 3.8) is 0 Å². The van der Waals surface area contributed by atoms with Crippen molar-refractivity contribution in [2.24, 2.45) is 17.6 Å². The Bertz CT molecular complexity index is 2420. The molecule has 0 saturated carbocycles. The predicted molar refractivity (Wildman–Crippen MR) is 233 cm³/mol. The molecule has 336 valence electrons. The number of para-hydroxylation sites is 1. The second kappa shape index (κ2) is 18.9. The number of likely N-dealkylation sites (tertiary alicyclic amines) is 1. The molecule has 5 N–H and O–H groups in total. The highest BCUT2D eigenvalue weighted by Crippen LogP contribution is 2.41. The third-order valence-corrected chi connectivity index (χ3v) is 12.6. The zero-order valence-corrected chi connectivity index (χ0v) is 36.0. The highest BCUT2D eigenvalue weighted by atomic mass is 16.5. The SMILES string of the molecule is CC1CC(c2nn3c(c2C(N)=O)NCC[C@H]3C2CCN(C(=O)CCN(C)CC(=O)NCCOc3cccc4c3C(=O)N(C3CCC(=O)NC3=O)C4=O)CC2)=CC=C1Oc1ccccc1. The fourth-order valence-electron chi connectivity index (χ4n) is 9.29. The Kier molecular flexibility index (Phi) is 12.9. The molecule has 2 fully saturated rings. The van der Waals surface area contributed by atoms with Crippen molar-refractivity contribution in [1.29, 1.82) is 0 Å². The number of hydrogen-bond donors (Lipinski definition) is 4. The number of piperidine rings is 2. The van der Waals surface area contributed by atoms with Crippen LogP contribution >= 0.6 is 0 Å². The summed E-state index contributed by atoms with van der Waals surface area (Å²) in [6.07, 6.45) is 7.26. The van der Waals surface area contributed by atoms with Crippen LogP contribution in [0.3, 0.4) is 0 Å². The third kappa shape index (κ3) is 9.13. The van der Waals surface area contributed by atoms with Gasteiger partial charge in [0.2, 0.25) is 23.6 Å². The predicted octanol–water partition coefficient (Wildman–Crippen LogP) is 2.88. The normalized spacial score (nSPS) is 21.1. The molecular formula is C46H53N9O9. The second-order valence-corrected chi connectivity index (χ2v) is 17.0. The number of imide groups is 2. The number of anilines is 1. The van der Waals surface area contributed by atoms with Crippen LogP contribution in [0.25, 0.3) is 5.57 Å². The van der Waals surface area contributed by atoms with Crippen LogP contribution in [-0.4, -0.2) is 125 Å². The number of likely N-dealkylation sites (N-methyl/N-ethyl adjacent to an activating group) is 1. The van der Waals surface area contributed by atoms with Gasteiger partial charge >= 0.3 is 0 Å². The number of fused-ring (bicyclic) bond motifs is 2. The molecule has 8 rings (SSSR count). The van der Waals surface area contributed by atoms with Crippen molar-refractivity contribution < 1.29 is 43.0 Å². The molecule has 2 unspecified atom stereocenters. The van der Waals surface area contributed by atoms with E-state index in [0.29, 0.717) is 49.7 Å². The molecule has 0 bridgehead atoms. The topological polar surface area (TPSA) is 228 Å². The van der Waals surface area contributed by atoms with Crippen molar-refractivity contribution in [1.82, 2.24) is 35.1 Å². The van der Waals surface area contributed by atoms with Crippen molar-refractivity contribution in [2.45, 2.75) is 64.0 Å². The zero-order valence-electron chi connectivity index (χ0n) is 36.0. The summed E-state index contributed by atoms with van der Waals surface area (Å²) < 4.78 is 13.9. The highest BCUT2D eigenvalue weighted by molar-refractivity contribution is 6.24. The number of nitrogens with two attached hydrogens (primary N) is 1. The van der Waals surface area contributed by atoms with Crippen molar-refractivity contribution in [3.05, 3.63) is 88.8 Å². The first-order valence-corrected chi connectivity index (χ1v) is 21.9. The number of allylic oxidation sites excluding steroid dienone is 4. The maximum absolute atomic E-state index is 13.3. The lowest BCUT2D eigenvalue weighted by atomic mass is 9.86. The maximum atomic E-state index is 13.3. The van der Waals surface area contributed by atoms with Gasteiger partial charge in [0, 0.05) is 44.9 Å². The van der Waals surface area contributed by atoms with Crippen molar-refractivity contribution in [2.75, 3.05) is 58.2 Å². The standard InChI is InChI=1S/C46H53N9O9/c1-27-25-29(11-13-34(27)64-30-7-4-3-5-8-30)41-40(42(47)59)43-49-19-15-32(55(43)51-41)28-16-22-53(23-17-28)38(58)18-21-52(2)26-37(57)48-20-24-63-35-10-6-9-31-39(35)46(62)54(45(31)61)33-12-14-36(56)50-44(33)60/h3-11,13,27-28,32-33,49H,12,14-26H2,1-2H3,(H2,47,59)(H,48,57)(H,50,56,60)/t27?,32-,33?/m0/s1. The van der Waals surface area contributed by atoms with Crippen LogP contribution < -0.4 is 31.2 Å². The zero-order chi connectivity index (χ0) is 45.1. The molecule has 2 aromatic carbocycles. The Labute approximate surface area is 370 Å². The lowest BCUT2D eigenvalue weighted by molar-refractivity contribution is -0.136. The molecule has 18 heteroatoms. The number of aromatic nitrogens is 2. The van der Waals surface area contributed by atoms with Gasteiger partial charge in [-0.25, -0.2) is 4.68 Å². The molecule has 0 radical (unpaired) electrons. The van der Waals surface area contributed by atoms with Gasteiger partial charge in [-0.15, -0.1) is 0 Å². The number of ether oxygens (including phenoxy) is 2. The minimum atomic E-state index is -1.09. The smallest absolute Gasteiger partial charge is 0.266 e. The summed E-state index contributed by atoms with van der Waals surface area (Å²) in [6.45, 7) is 4.52. The van der Waals surface area contributed by atoms with Crippen LogP contribution in [0.2, 0.25) is 0 Å². The minimum Gasteiger partial charge on any atom is -0.491 e. The fraction of sp³-hybridized carbons (Fsp3) is 0.435. The molecule has 4 aliphatic heterocycles. The number of primary amides is 1. The lowest BCUT2D eigenvalue weighted by Crippen LogP contribution is -2.54. The molecule has 7 amide bonds. The van der Waals surface area contributed by atoms with E-state index in [0.717, 1.165) is 41.2 Å². The van der Waals surface area contributed by atoms with E-state index in [9.17, 15) is 33.6 Å². The molecular weight excluding hydrogens is 823 g/mol. The summed E-state index contributed by atoms with van der Waals surface area (Å²) in [5, 5.41) is 13.4. The van der Waals surface area contributed by atoms with E-state index in [1.807, 2.05) is 52.1 Å². The molecule has 2 saturated heterocycles. The molecule has 1 aliphatic carbocycles. The summed E-state index contributed by atoms with van der Waals surface area (Å²) in [5.41, 5.74) is 8.05. The number of rotatable bonds is 15. The van der Waals surface area contributed by atoms with E-state index in [1.165, 1.54) is 6.07 Å². The van der Waals surface area contributed by atoms with Crippen molar-refractivity contribution in [3.8, 4) is 11.5 Å². The average Bonchev–Trinajstić information content (AvgIpc) is 3.80. The van der Waals surface area contributed by atoms with E-state index in [2.05, 4.69) is 22.9 Å². The summed E-state index contributed by atoms with van der Waals surface area (Å²) in [5.74, 6) is -0.540. The molecule has 64 heavy (non-hydrogen) atoms. The van der Waals surface area contributed by atoms with Gasteiger partial charge in [0.05, 0.1) is 30.3 Å². The van der Waals surface area contributed by atoms with E-state index >= 15 is 0 Å². The van der Waals surface area contributed by atoms with Crippen LogP contribution in [0.15, 0.2) is 66.4 Å². The van der Waals surface area contributed by atoms with E-state index in [-0.39, 0.29) is 85.5 Å². The number of amides is 7. The van der Waals surface area contributed by atoms with Crippen LogP contribution in [0.4, 0.5) is 5.82 Å². The highest BCUT2D eigenvalue weighted by Gasteiger charge is 2.46. The lowest BCUT2D eigenvalue weighted by Gasteiger charge is -2.38. The first-order chi connectivity index (χ1) is 30.9.